The predicted molar refractivity (Wildman–Crippen MR) is 95.5 cm³/mol. The van der Waals surface area contributed by atoms with Crippen LogP contribution in [0.3, 0.4) is 0 Å². The van der Waals surface area contributed by atoms with E-state index < -0.39 is 5.97 Å². The molecule has 0 radical (unpaired) electrons. The Kier molecular flexibility index (Phi) is 17.5. The molecule has 0 bridgehead atoms. The maximum absolute atomic E-state index is 10.0. The molecule has 0 aromatic rings. The summed E-state index contributed by atoms with van der Waals surface area (Å²) in [6.07, 6.45) is 19.7. The summed E-state index contributed by atoms with van der Waals surface area (Å²) in [5.41, 5.74) is 0. The molecule has 23 heavy (non-hydrogen) atoms. The fraction of sp³-hybridized carbons (Fsp3) is 0.762. The van der Waals surface area contributed by atoms with Crippen LogP contribution in [-0.2, 0) is 4.79 Å². The van der Waals surface area contributed by atoms with E-state index in [9.17, 15) is 9.90 Å². The van der Waals surface area contributed by atoms with Crippen molar-refractivity contribution in [2.45, 2.75) is 103 Å². The first-order valence-corrected chi connectivity index (χ1v) is 9.47. The Bertz CT molecular complexity index is 390. The highest BCUT2D eigenvalue weighted by molar-refractivity contribution is 5.85. The van der Waals surface area contributed by atoms with Gasteiger partial charge < -0.3 is 9.90 Å². The Hall–Kier alpha value is -1.41. The van der Waals surface area contributed by atoms with E-state index in [2.05, 4.69) is 24.7 Å². The van der Waals surface area contributed by atoms with Crippen molar-refractivity contribution in [1.29, 1.82) is 0 Å². The highest BCUT2D eigenvalue weighted by Crippen LogP contribution is 2.13. The Morgan fingerprint density at radius 1 is 0.696 bits per heavy atom. The molecule has 0 saturated heterocycles. The number of carbonyl (C=O) groups excluding carboxylic acids is 1. The molecule has 0 spiro atoms. The van der Waals surface area contributed by atoms with Gasteiger partial charge in [0.1, 0.15) is 5.97 Å². The van der Waals surface area contributed by atoms with Gasteiger partial charge in [0.25, 0.3) is 0 Å². The highest BCUT2D eigenvalue weighted by Gasteiger charge is 1.93. The molecule has 2 nitrogen and oxygen atoms in total. The number of hydrogen-bond donors (Lipinski definition) is 0. The second-order valence-electron chi connectivity index (χ2n) is 6.19. The fourth-order valence-corrected chi connectivity index (χ4v) is 2.60. The summed E-state index contributed by atoms with van der Waals surface area (Å²) in [5.74, 6) is 8.18. The van der Waals surface area contributed by atoms with Gasteiger partial charge in [-0.25, -0.2) is 0 Å². The Morgan fingerprint density at radius 2 is 1.13 bits per heavy atom. The summed E-state index contributed by atoms with van der Waals surface area (Å²) in [7, 11) is 0. The largest absolute Gasteiger partial charge is 0.537 e. The van der Waals surface area contributed by atoms with Crippen LogP contribution in [0.15, 0.2) is 0 Å². The average molecular weight is 317 g/mol. The van der Waals surface area contributed by atoms with Gasteiger partial charge in [-0.2, -0.15) is 0 Å². The molecule has 0 amide bonds. The van der Waals surface area contributed by atoms with Crippen molar-refractivity contribution in [2.75, 3.05) is 0 Å². The summed E-state index contributed by atoms with van der Waals surface area (Å²) in [6, 6.07) is 0. The summed E-state index contributed by atoms with van der Waals surface area (Å²) in [4.78, 5) is 10.0. The van der Waals surface area contributed by atoms with Crippen LogP contribution in [0.4, 0.5) is 0 Å². The summed E-state index contributed by atoms with van der Waals surface area (Å²) in [5, 5.41) is 10.0. The minimum Gasteiger partial charge on any atom is -0.537 e. The van der Waals surface area contributed by atoms with Crippen molar-refractivity contribution >= 4 is 5.97 Å². The van der Waals surface area contributed by atoms with E-state index in [1.54, 1.807) is 0 Å². The molecule has 0 aromatic carbocycles. The molecule has 0 fully saturated rings. The van der Waals surface area contributed by atoms with Crippen molar-refractivity contribution in [2.24, 2.45) is 0 Å². The van der Waals surface area contributed by atoms with Crippen molar-refractivity contribution in [3.05, 3.63) is 0 Å². The van der Waals surface area contributed by atoms with Crippen LogP contribution >= 0.6 is 0 Å². The standard InChI is InChI=1S/C21H34O2/c1-2-3-4-5-6-7-8-9-10-11-12-13-14-15-16-17-18-19-20-21(22)23/h2-16H2,1H3,(H,22,23)/p-1. The molecule has 2 heteroatoms. The lowest BCUT2D eigenvalue weighted by Crippen LogP contribution is -2.19. The first-order valence-electron chi connectivity index (χ1n) is 9.47. The van der Waals surface area contributed by atoms with Gasteiger partial charge in [-0.3, -0.25) is 0 Å². The van der Waals surface area contributed by atoms with Crippen molar-refractivity contribution in [3.8, 4) is 23.7 Å². The average Bonchev–Trinajstić information content (AvgIpc) is 2.53. The minimum atomic E-state index is -1.37. The van der Waals surface area contributed by atoms with Crippen LogP contribution in [0.5, 0.6) is 0 Å². The van der Waals surface area contributed by atoms with E-state index in [1.165, 1.54) is 83.5 Å². The number of carboxylic acid groups (broad SMARTS) is 1. The number of carboxylic acids is 1. The third-order valence-electron chi connectivity index (χ3n) is 3.97. The highest BCUT2D eigenvalue weighted by atomic mass is 16.4. The van der Waals surface area contributed by atoms with Crippen LogP contribution < -0.4 is 5.11 Å². The van der Waals surface area contributed by atoms with E-state index in [-0.39, 0.29) is 0 Å². The van der Waals surface area contributed by atoms with E-state index in [0.717, 1.165) is 12.8 Å². The predicted octanol–water partition coefficient (Wildman–Crippen LogP) is 4.61. The molecule has 0 N–H and O–H groups in total. The number of aliphatic carboxylic acids is 1. The van der Waals surface area contributed by atoms with Crippen LogP contribution in [0, 0.1) is 23.7 Å². The normalized spacial score (nSPS) is 9.61. The lowest BCUT2D eigenvalue weighted by Gasteiger charge is -2.02. The zero-order chi connectivity index (χ0) is 17.0. The third-order valence-corrected chi connectivity index (χ3v) is 3.97. The second kappa shape index (κ2) is 18.6. The SMILES string of the molecule is CCCCCCCCCCCCCCCCC#CC#CC(=O)[O-]. The van der Waals surface area contributed by atoms with Gasteiger partial charge in [-0.05, 0) is 24.2 Å². The second-order valence-corrected chi connectivity index (χ2v) is 6.19. The molecule has 0 atom stereocenters. The zero-order valence-electron chi connectivity index (χ0n) is 14.9. The number of rotatable bonds is 14. The van der Waals surface area contributed by atoms with Gasteiger partial charge in [-0.15, -0.1) is 0 Å². The molecule has 0 rings (SSSR count). The van der Waals surface area contributed by atoms with Gasteiger partial charge in [0.2, 0.25) is 0 Å². The summed E-state index contributed by atoms with van der Waals surface area (Å²) >= 11 is 0. The third kappa shape index (κ3) is 20.6. The topological polar surface area (TPSA) is 40.1 Å². The number of hydrogen-bond acceptors (Lipinski definition) is 2. The molecular formula is C21H33O2-. The van der Waals surface area contributed by atoms with E-state index >= 15 is 0 Å². The van der Waals surface area contributed by atoms with Gasteiger partial charge in [0.05, 0.1) is 0 Å². The molecule has 0 unspecified atom stereocenters. The lowest BCUT2D eigenvalue weighted by molar-refractivity contribution is -0.295. The summed E-state index contributed by atoms with van der Waals surface area (Å²) < 4.78 is 0. The van der Waals surface area contributed by atoms with Crippen LogP contribution in [0.2, 0.25) is 0 Å². The first kappa shape index (κ1) is 21.6. The Morgan fingerprint density at radius 3 is 1.57 bits per heavy atom. The molecular weight excluding hydrogens is 284 g/mol. The van der Waals surface area contributed by atoms with Crippen LogP contribution in [0.1, 0.15) is 103 Å². The van der Waals surface area contributed by atoms with E-state index in [4.69, 9.17) is 0 Å². The molecule has 0 aliphatic carbocycles. The molecule has 0 aliphatic rings. The molecule has 0 aliphatic heterocycles. The van der Waals surface area contributed by atoms with Crippen LogP contribution in [-0.4, -0.2) is 5.97 Å². The van der Waals surface area contributed by atoms with Gasteiger partial charge in [-0.1, -0.05) is 96.3 Å². The zero-order valence-corrected chi connectivity index (χ0v) is 14.9. The number of unbranched alkanes of at least 4 members (excludes halogenated alkanes) is 14. The van der Waals surface area contributed by atoms with Gasteiger partial charge >= 0.3 is 0 Å². The minimum absolute atomic E-state index is 0.805. The quantitative estimate of drug-likeness (QED) is 0.346. The van der Waals surface area contributed by atoms with Gasteiger partial charge in [0.15, 0.2) is 0 Å². The Labute approximate surface area is 143 Å². The van der Waals surface area contributed by atoms with Gasteiger partial charge in [0, 0.05) is 6.42 Å². The molecule has 130 valence electrons. The van der Waals surface area contributed by atoms with Crippen molar-refractivity contribution in [3.63, 3.8) is 0 Å². The lowest BCUT2D eigenvalue weighted by atomic mass is 10.0. The maximum atomic E-state index is 10.0. The van der Waals surface area contributed by atoms with E-state index in [1.807, 2.05) is 5.92 Å². The smallest absolute Gasteiger partial charge is 0.117 e. The summed E-state index contributed by atoms with van der Waals surface area (Å²) in [6.45, 7) is 2.27. The Balaban J connectivity index is 3.14. The molecule has 0 heterocycles. The molecule has 0 aromatic heterocycles. The maximum Gasteiger partial charge on any atom is 0.117 e. The van der Waals surface area contributed by atoms with Crippen LogP contribution in [0.25, 0.3) is 0 Å². The monoisotopic (exact) mass is 317 g/mol. The fourth-order valence-electron chi connectivity index (χ4n) is 2.60. The first-order chi connectivity index (χ1) is 11.3. The van der Waals surface area contributed by atoms with Crippen molar-refractivity contribution < 1.29 is 9.90 Å². The molecule has 0 saturated carbocycles. The van der Waals surface area contributed by atoms with Crippen molar-refractivity contribution in [1.82, 2.24) is 0 Å². The number of carbonyl (C=O) groups is 1. The van der Waals surface area contributed by atoms with E-state index in [0.29, 0.717) is 0 Å².